The number of benzene rings is 1. The number of ether oxygens (including phenoxy) is 1. The van der Waals surface area contributed by atoms with E-state index in [0.29, 0.717) is 4.47 Å². The van der Waals surface area contributed by atoms with Crippen LogP contribution < -0.4 is 5.32 Å². The molecule has 0 aliphatic carbocycles. The summed E-state index contributed by atoms with van der Waals surface area (Å²) in [5, 5.41) is 15.3. The van der Waals surface area contributed by atoms with Gasteiger partial charge in [-0.05, 0) is 25.1 Å². The SMILES string of the molecule is CCOC(=O)c1cnn(CCC#N)c1NC(=O)c1cc(F)cc(Br)c1. The van der Waals surface area contributed by atoms with Gasteiger partial charge in [-0.15, -0.1) is 0 Å². The summed E-state index contributed by atoms with van der Waals surface area (Å²) in [6.45, 7) is 1.99. The fraction of sp³-hybridized carbons (Fsp3) is 0.250. The van der Waals surface area contributed by atoms with E-state index in [-0.39, 0.29) is 36.5 Å². The standard InChI is InChI=1S/C16H14BrFN4O3/c1-2-25-16(24)13-9-20-22(5-3-4-19)14(13)21-15(23)10-6-11(17)8-12(18)7-10/h6-9H,2-3,5H2,1H3,(H,21,23). The maximum absolute atomic E-state index is 13.5. The smallest absolute Gasteiger partial charge is 0.343 e. The van der Waals surface area contributed by atoms with Crippen molar-refractivity contribution >= 4 is 33.6 Å². The molecule has 0 aliphatic heterocycles. The van der Waals surface area contributed by atoms with Crippen molar-refractivity contribution in [3.05, 3.63) is 45.8 Å². The number of aryl methyl sites for hydroxylation is 1. The van der Waals surface area contributed by atoms with Crippen LogP contribution in [0.4, 0.5) is 10.2 Å². The Morgan fingerprint density at radius 1 is 1.44 bits per heavy atom. The highest BCUT2D eigenvalue weighted by atomic mass is 79.9. The predicted octanol–water partition coefficient (Wildman–Crippen LogP) is 3.13. The van der Waals surface area contributed by atoms with Gasteiger partial charge in [0.1, 0.15) is 17.2 Å². The molecule has 25 heavy (non-hydrogen) atoms. The van der Waals surface area contributed by atoms with Crippen molar-refractivity contribution in [2.24, 2.45) is 0 Å². The van der Waals surface area contributed by atoms with Crippen molar-refractivity contribution in [2.75, 3.05) is 11.9 Å². The van der Waals surface area contributed by atoms with E-state index in [9.17, 15) is 14.0 Å². The Balaban J connectivity index is 2.34. The van der Waals surface area contributed by atoms with Crippen LogP contribution in [0.5, 0.6) is 0 Å². The molecule has 0 spiro atoms. The van der Waals surface area contributed by atoms with Crippen LogP contribution in [0.3, 0.4) is 0 Å². The monoisotopic (exact) mass is 408 g/mol. The van der Waals surface area contributed by atoms with Crippen LogP contribution >= 0.6 is 15.9 Å². The topological polar surface area (TPSA) is 97.0 Å². The molecule has 1 aromatic carbocycles. The van der Waals surface area contributed by atoms with E-state index in [1.807, 2.05) is 6.07 Å². The third kappa shape index (κ3) is 4.64. The van der Waals surface area contributed by atoms with E-state index >= 15 is 0 Å². The number of nitriles is 1. The first-order valence-electron chi connectivity index (χ1n) is 7.33. The van der Waals surface area contributed by atoms with Crippen molar-refractivity contribution < 1.29 is 18.7 Å². The summed E-state index contributed by atoms with van der Waals surface area (Å²) >= 11 is 3.12. The van der Waals surface area contributed by atoms with Crippen molar-refractivity contribution in [3.63, 3.8) is 0 Å². The van der Waals surface area contributed by atoms with E-state index in [4.69, 9.17) is 10.00 Å². The van der Waals surface area contributed by atoms with Crippen LogP contribution in [0.25, 0.3) is 0 Å². The molecule has 0 atom stereocenters. The normalized spacial score (nSPS) is 10.2. The molecule has 1 heterocycles. The second-order valence-electron chi connectivity index (χ2n) is 4.87. The maximum Gasteiger partial charge on any atom is 0.343 e. The molecule has 7 nitrogen and oxygen atoms in total. The lowest BCUT2D eigenvalue weighted by Crippen LogP contribution is -2.19. The van der Waals surface area contributed by atoms with Crippen molar-refractivity contribution in [1.82, 2.24) is 9.78 Å². The highest BCUT2D eigenvalue weighted by Crippen LogP contribution is 2.20. The van der Waals surface area contributed by atoms with Gasteiger partial charge in [0.15, 0.2) is 0 Å². The molecule has 0 radical (unpaired) electrons. The van der Waals surface area contributed by atoms with E-state index in [1.165, 1.54) is 23.0 Å². The summed E-state index contributed by atoms with van der Waals surface area (Å²) in [5.41, 5.74) is 0.123. The number of esters is 1. The summed E-state index contributed by atoms with van der Waals surface area (Å²) in [6, 6.07) is 5.69. The number of nitrogens with zero attached hydrogens (tertiary/aromatic N) is 3. The van der Waals surface area contributed by atoms with Gasteiger partial charge in [0.25, 0.3) is 5.91 Å². The van der Waals surface area contributed by atoms with Crippen LogP contribution in [0.1, 0.15) is 34.1 Å². The molecule has 130 valence electrons. The average Bonchev–Trinajstić information content (AvgIpc) is 2.95. The summed E-state index contributed by atoms with van der Waals surface area (Å²) in [5.74, 6) is -1.76. The summed E-state index contributed by atoms with van der Waals surface area (Å²) in [6.07, 6.45) is 1.39. The second-order valence-corrected chi connectivity index (χ2v) is 5.79. The van der Waals surface area contributed by atoms with Crippen LogP contribution in [-0.2, 0) is 11.3 Å². The Kier molecular flexibility index (Phi) is 6.25. The molecular weight excluding hydrogens is 395 g/mol. The zero-order valence-electron chi connectivity index (χ0n) is 13.3. The third-order valence-electron chi connectivity index (χ3n) is 3.13. The maximum atomic E-state index is 13.5. The van der Waals surface area contributed by atoms with Gasteiger partial charge in [0, 0.05) is 10.0 Å². The minimum Gasteiger partial charge on any atom is -0.462 e. The van der Waals surface area contributed by atoms with E-state index in [1.54, 1.807) is 6.92 Å². The molecule has 1 aromatic heterocycles. The number of carbonyl (C=O) groups is 2. The molecular formula is C16H14BrFN4O3. The number of aromatic nitrogens is 2. The Bertz CT molecular complexity index is 824. The van der Waals surface area contributed by atoms with Gasteiger partial charge in [0.2, 0.25) is 0 Å². The van der Waals surface area contributed by atoms with Gasteiger partial charge in [-0.1, -0.05) is 15.9 Å². The molecule has 1 amide bonds. The first-order chi connectivity index (χ1) is 12.0. The quantitative estimate of drug-likeness (QED) is 0.740. The first kappa shape index (κ1) is 18.6. The molecule has 9 heteroatoms. The highest BCUT2D eigenvalue weighted by molar-refractivity contribution is 9.10. The Labute approximate surface area is 151 Å². The fourth-order valence-electron chi connectivity index (χ4n) is 2.07. The van der Waals surface area contributed by atoms with Crippen LogP contribution in [0, 0.1) is 17.1 Å². The van der Waals surface area contributed by atoms with Gasteiger partial charge in [-0.3, -0.25) is 4.79 Å². The Morgan fingerprint density at radius 3 is 2.84 bits per heavy atom. The van der Waals surface area contributed by atoms with Crippen molar-refractivity contribution in [2.45, 2.75) is 19.9 Å². The van der Waals surface area contributed by atoms with E-state index in [0.717, 1.165) is 6.07 Å². The lowest BCUT2D eigenvalue weighted by molar-refractivity contribution is 0.0527. The number of carbonyl (C=O) groups excluding carboxylic acids is 2. The number of halogens is 2. The van der Waals surface area contributed by atoms with Gasteiger partial charge >= 0.3 is 5.97 Å². The summed E-state index contributed by atoms with van der Waals surface area (Å²) in [4.78, 5) is 24.4. The Hall–Kier alpha value is -2.73. The van der Waals surface area contributed by atoms with Gasteiger partial charge in [0.05, 0.1) is 31.8 Å². The average molecular weight is 409 g/mol. The van der Waals surface area contributed by atoms with Crippen molar-refractivity contribution in [3.8, 4) is 6.07 Å². The first-order valence-corrected chi connectivity index (χ1v) is 8.13. The number of amides is 1. The molecule has 0 aliphatic rings. The zero-order valence-corrected chi connectivity index (χ0v) is 14.8. The molecule has 2 aromatic rings. The molecule has 0 fully saturated rings. The van der Waals surface area contributed by atoms with Crippen LogP contribution in [-0.4, -0.2) is 28.3 Å². The summed E-state index contributed by atoms with van der Waals surface area (Å²) < 4.78 is 20.1. The molecule has 0 unspecified atom stereocenters. The molecule has 1 N–H and O–H groups in total. The van der Waals surface area contributed by atoms with Gasteiger partial charge in [-0.25, -0.2) is 13.9 Å². The fourth-order valence-corrected chi connectivity index (χ4v) is 2.53. The number of hydrogen-bond donors (Lipinski definition) is 1. The lowest BCUT2D eigenvalue weighted by atomic mass is 10.2. The van der Waals surface area contributed by atoms with Crippen molar-refractivity contribution in [1.29, 1.82) is 5.26 Å². The molecule has 0 saturated carbocycles. The van der Waals surface area contributed by atoms with Crippen LogP contribution in [0.15, 0.2) is 28.9 Å². The van der Waals surface area contributed by atoms with E-state index in [2.05, 4.69) is 26.3 Å². The van der Waals surface area contributed by atoms with Crippen LogP contribution in [0.2, 0.25) is 0 Å². The number of nitrogens with one attached hydrogen (secondary N) is 1. The highest BCUT2D eigenvalue weighted by Gasteiger charge is 2.21. The third-order valence-corrected chi connectivity index (χ3v) is 3.58. The summed E-state index contributed by atoms with van der Waals surface area (Å²) in [7, 11) is 0. The predicted molar refractivity (Wildman–Crippen MR) is 90.5 cm³/mol. The largest absolute Gasteiger partial charge is 0.462 e. The van der Waals surface area contributed by atoms with Gasteiger partial charge < -0.3 is 10.1 Å². The molecule has 0 bridgehead atoms. The zero-order chi connectivity index (χ0) is 18.4. The number of hydrogen-bond acceptors (Lipinski definition) is 5. The van der Waals surface area contributed by atoms with Gasteiger partial charge in [-0.2, -0.15) is 10.4 Å². The molecule has 0 saturated heterocycles. The van der Waals surface area contributed by atoms with E-state index < -0.39 is 17.7 Å². The second kappa shape index (κ2) is 8.39. The Morgan fingerprint density at radius 2 is 2.20 bits per heavy atom. The number of rotatable bonds is 6. The minimum atomic E-state index is -0.651. The molecule has 2 rings (SSSR count). The number of anilines is 1. The minimum absolute atomic E-state index is 0.0589. The lowest BCUT2D eigenvalue weighted by Gasteiger charge is -2.10.